The molecule has 6 nitrogen and oxygen atoms in total. The van der Waals surface area contributed by atoms with Crippen molar-refractivity contribution in [2.45, 2.75) is 6.04 Å². The van der Waals surface area contributed by atoms with Gasteiger partial charge in [0.25, 0.3) is 5.91 Å². The van der Waals surface area contributed by atoms with E-state index in [0.717, 1.165) is 23.4 Å². The second kappa shape index (κ2) is 5.31. The summed E-state index contributed by atoms with van der Waals surface area (Å²) in [6, 6.07) is 11.3. The third kappa shape index (κ3) is 2.27. The number of benzene rings is 1. The van der Waals surface area contributed by atoms with E-state index in [9.17, 15) is 4.79 Å². The number of carbonyl (C=O) groups excluding carboxylic acids is 1. The quantitative estimate of drug-likeness (QED) is 0.758. The molecule has 1 fully saturated rings. The van der Waals surface area contributed by atoms with Gasteiger partial charge in [0, 0.05) is 19.6 Å². The summed E-state index contributed by atoms with van der Waals surface area (Å²) in [7, 11) is 0. The lowest BCUT2D eigenvalue weighted by molar-refractivity contribution is 0.0668. The van der Waals surface area contributed by atoms with Gasteiger partial charge in [-0.15, -0.1) is 0 Å². The molecule has 0 spiro atoms. The topological polar surface area (TPSA) is 74.2 Å². The maximum Gasteiger partial charge on any atom is 0.289 e. The van der Waals surface area contributed by atoms with Crippen molar-refractivity contribution in [1.29, 1.82) is 0 Å². The fourth-order valence-corrected chi connectivity index (χ4v) is 2.81. The number of aromatic nitrogens is 2. The predicted molar refractivity (Wildman–Crippen MR) is 81.4 cm³/mol. The van der Waals surface area contributed by atoms with Gasteiger partial charge in [-0.05, 0) is 24.3 Å². The van der Waals surface area contributed by atoms with Crippen molar-refractivity contribution in [3.8, 4) is 0 Å². The molecule has 0 radical (unpaired) electrons. The molecule has 112 valence electrons. The maximum absolute atomic E-state index is 12.4. The van der Waals surface area contributed by atoms with Crippen LogP contribution in [0.1, 0.15) is 22.4 Å². The lowest BCUT2D eigenvalue weighted by Gasteiger charge is -2.32. The van der Waals surface area contributed by atoms with E-state index in [1.165, 1.54) is 6.26 Å². The molecule has 3 heterocycles. The first-order chi connectivity index (χ1) is 10.8. The minimum Gasteiger partial charge on any atom is -0.459 e. The van der Waals surface area contributed by atoms with E-state index in [-0.39, 0.29) is 11.9 Å². The van der Waals surface area contributed by atoms with Crippen LogP contribution in [0.5, 0.6) is 0 Å². The Hall–Kier alpha value is -2.60. The fourth-order valence-electron chi connectivity index (χ4n) is 2.81. The Labute approximate surface area is 127 Å². The molecule has 1 saturated heterocycles. The van der Waals surface area contributed by atoms with Crippen LogP contribution < -0.4 is 5.32 Å². The van der Waals surface area contributed by atoms with E-state index in [4.69, 9.17) is 4.42 Å². The lowest BCUT2D eigenvalue weighted by Crippen LogP contribution is -2.48. The van der Waals surface area contributed by atoms with Crippen LogP contribution in [0.15, 0.2) is 47.1 Å². The van der Waals surface area contributed by atoms with Crippen molar-refractivity contribution in [3.05, 3.63) is 54.2 Å². The Morgan fingerprint density at radius 1 is 1.27 bits per heavy atom. The van der Waals surface area contributed by atoms with E-state index < -0.39 is 0 Å². The predicted octanol–water partition coefficient (Wildman–Crippen LogP) is 1.94. The molecule has 1 aromatic carbocycles. The third-order valence-electron chi connectivity index (χ3n) is 3.93. The monoisotopic (exact) mass is 296 g/mol. The molecule has 1 aliphatic heterocycles. The van der Waals surface area contributed by atoms with E-state index in [1.54, 1.807) is 17.0 Å². The molecular formula is C16H16N4O2. The van der Waals surface area contributed by atoms with E-state index in [1.807, 2.05) is 24.3 Å². The molecule has 22 heavy (non-hydrogen) atoms. The summed E-state index contributed by atoms with van der Waals surface area (Å²) >= 11 is 0. The lowest BCUT2D eigenvalue weighted by atomic mass is 10.2. The Balaban J connectivity index is 1.56. The number of imidazole rings is 1. The molecule has 4 rings (SSSR count). The molecule has 6 heteroatoms. The molecule has 3 aromatic rings. The number of furan rings is 1. The summed E-state index contributed by atoms with van der Waals surface area (Å²) in [4.78, 5) is 22.1. The zero-order valence-corrected chi connectivity index (χ0v) is 12.0. The van der Waals surface area contributed by atoms with Crippen molar-refractivity contribution in [2.75, 3.05) is 19.6 Å². The first-order valence-corrected chi connectivity index (χ1v) is 7.32. The van der Waals surface area contributed by atoms with Crippen LogP contribution >= 0.6 is 0 Å². The van der Waals surface area contributed by atoms with Crippen LogP contribution in [0, 0.1) is 0 Å². The standard InChI is InChI=1S/C16H16N4O2/c21-16(14-6-3-9-22-14)20-8-7-17-13(10-20)15-18-11-4-1-2-5-12(11)19-15/h1-6,9,13,17H,7-8,10H2,(H,18,19). The number of amides is 1. The van der Waals surface area contributed by atoms with Crippen LogP contribution in [-0.2, 0) is 0 Å². The van der Waals surface area contributed by atoms with Gasteiger partial charge in [0.2, 0.25) is 0 Å². The van der Waals surface area contributed by atoms with Gasteiger partial charge in [0.1, 0.15) is 5.82 Å². The summed E-state index contributed by atoms with van der Waals surface area (Å²) in [5, 5.41) is 3.41. The van der Waals surface area contributed by atoms with Crippen molar-refractivity contribution in [1.82, 2.24) is 20.2 Å². The van der Waals surface area contributed by atoms with Gasteiger partial charge in [-0.25, -0.2) is 4.98 Å². The number of hydrogen-bond acceptors (Lipinski definition) is 4. The summed E-state index contributed by atoms with van der Waals surface area (Å²) in [5.74, 6) is 1.16. The van der Waals surface area contributed by atoms with Crippen LogP contribution in [0.2, 0.25) is 0 Å². The SMILES string of the molecule is O=C(c1ccco1)N1CCNC(c2nc3ccccc3[nH]2)C1. The van der Waals surface area contributed by atoms with Crippen LogP contribution in [0.4, 0.5) is 0 Å². The molecule has 0 aliphatic carbocycles. The molecule has 0 bridgehead atoms. The molecule has 1 amide bonds. The highest BCUT2D eigenvalue weighted by atomic mass is 16.3. The Bertz CT molecular complexity index is 760. The minimum atomic E-state index is -0.0763. The number of rotatable bonds is 2. The van der Waals surface area contributed by atoms with Crippen LogP contribution in [-0.4, -0.2) is 40.4 Å². The minimum absolute atomic E-state index is 0.0000576. The number of hydrogen-bond donors (Lipinski definition) is 2. The van der Waals surface area contributed by atoms with Gasteiger partial charge >= 0.3 is 0 Å². The molecule has 1 aliphatic rings. The third-order valence-corrected chi connectivity index (χ3v) is 3.93. The van der Waals surface area contributed by atoms with Gasteiger partial charge < -0.3 is 19.6 Å². The number of nitrogens with one attached hydrogen (secondary N) is 2. The van der Waals surface area contributed by atoms with Gasteiger partial charge in [0.15, 0.2) is 5.76 Å². The molecule has 2 N–H and O–H groups in total. The average molecular weight is 296 g/mol. The van der Waals surface area contributed by atoms with Crippen molar-refractivity contribution >= 4 is 16.9 Å². The Kier molecular flexibility index (Phi) is 3.16. The first kappa shape index (κ1) is 13.1. The summed E-state index contributed by atoms with van der Waals surface area (Å²) in [6.07, 6.45) is 1.52. The average Bonchev–Trinajstić information content (AvgIpc) is 3.23. The van der Waals surface area contributed by atoms with E-state index in [0.29, 0.717) is 18.8 Å². The maximum atomic E-state index is 12.4. The molecule has 1 atom stereocenters. The highest BCUT2D eigenvalue weighted by Gasteiger charge is 2.27. The Morgan fingerprint density at radius 2 is 2.18 bits per heavy atom. The van der Waals surface area contributed by atoms with E-state index >= 15 is 0 Å². The van der Waals surface area contributed by atoms with Crippen molar-refractivity contribution in [3.63, 3.8) is 0 Å². The largest absolute Gasteiger partial charge is 0.459 e. The number of carbonyl (C=O) groups is 1. The first-order valence-electron chi connectivity index (χ1n) is 7.32. The smallest absolute Gasteiger partial charge is 0.289 e. The molecule has 0 saturated carbocycles. The fraction of sp³-hybridized carbons (Fsp3) is 0.250. The summed E-state index contributed by atoms with van der Waals surface area (Å²) in [5.41, 5.74) is 1.95. The second-order valence-corrected chi connectivity index (χ2v) is 5.37. The van der Waals surface area contributed by atoms with Crippen molar-refractivity contribution in [2.24, 2.45) is 0 Å². The summed E-state index contributed by atoms with van der Waals surface area (Å²) in [6.45, 7) is 1.96. The van der Waals surface area contributed by atoms with E-state index in [2.05, 4.69) is 15.3 Å². The zero-order valence-electron chi connectivity index (χ0n) is 12.0. The molecule has 1 unspecified atom stereocenters. The van der Waals surface area contributed by atoms with Gasteiger partial charge in [0.05, 0.1) is 23.3 Å². The number of nitrogens with zero attached hydrogens (tertiary/aromatic N) is 2. The number of fused-ring (bicyclic) bond motifs is 1. The highest BCUT2D eigenvalue weighted by molar-refractivity contribution is 5.91. The molecular weight excluding hydrogens is 280 g/mol. The van der Waals surface area contributed by atoms with Crippen molar-refractivity contribution < 1.29 is 9.21 Å². The number of H-pyrrole nitrogens is 1. The van der Waals surface area contributed by atoms with Gasteiger partial charge in [-0.2, -0.15) is 0 Å². The second-order valence-electron chi connectivity index (χ2n) is 5.37. The van der Waals surface area contributed by atoms with Crippen LogP contribution in [0.3, 0.4) is 0 Å². The summed E-state index contributed by atoms with van der Waals surface area (Å²) < 4.78 is 5.20. The Morgan fingerprint density at radius 3 is 3.00 bits per heavy atom. The molecule has 2 aromatic heterocycles. The number of piperazine rings is 1. The zero-order chi connectivity index (χ0) is 14.9. The van der Waals surface area contributed by atoms with Crippen LogP contribution in [0.25, 0.3) is 11.0 Å². The van der Waals surface area contributed by atoms with Gasteiger partial charge in [-0.3, -0.25) is 4.79 Å². The highest BCUT2D eigenvalue weighted by Crippen LogP contribution is 2.20. The number of aromatic amines is 1. The normalized spacial score (nSPS) is 18.7. The number of para-hydroxylation sites is 2. The van der Waals surface area contributed by atoms with Gasteiger partial charge in [-0.1, -0.05) is 12.1 Å².